The van der Waals surface area contributed by atoms with Crippen molar-refractivity contribution in [2.45, 2.75) is 6.92 Å². The molecule has 5 heteroatoms. The zero-order valence-corrected chi connectivity index (χ0v) is 8.57. The zero-order chi connectivity index (χ0) is 11.1. The molecule has 0 amide bonds. The standard InChI is InChI=1S/C11H9N3O2/c1-6-2-3-9-7(4-6)8(5-12-9)10-13-14-11(15)16-10/h2-5,12H,1H3,(H,14,15). The number of hydrogen-bond donors (Lipinski definition) is 2. The molecule has 2 aromatic heterocycles. The van der Waals surface area contributed by atoms with Gasteiger partial charge in [0.25, 0.3) is 5.89 Å². The number of aromatic nitrogens is 3. The van der Waals surface area contributed by atoms with Crippen molar-refractivity contribution in [2.75, 3.05) is 0 Å². The third-order valence-electron chi connectivity index (χ3n) is 2.51. The molecule has 0 bridgehead atoms. The van der Waals surface area contributed by atoms with Gasteiger partial charge in [0.1, 0.15) is 0 Å². The van der Waals surface area contributed by atoms with E-state index in [9.17, 15) is 4.79 Å². The van der Waals surface area contributed by atoms with Gasteiger partial charge in [-0.25, -0.2) is 9.89 Å². The van der Waals surface area contributed by atoms with Crippen molar-refractivity contribution in [1.29, 1.82) is 0 Å². The molecule has 0 spiro atoms. The van der Waals surface area contributed by atoms with Crippen LogP contribution in [0, 0.1) is 6.92 Å². The van der Waals surface area contributed by atoms with Gasteiger partial charge in [0, 0.05) is 17.1 Å². The van der Waals surface area contributed by atoms with Crippen LogP contribution in [0.4, 0.5) is 0 Å². The Morgan fingerprint density at radius 2 is 2.25 bits per heavy atom. The second kappa shape index (κ2) is 3.10. The number of fused-ring (bicyclic) bond motifs is 1. The fourth-order valence-corrected chi connectivity index (χ4v) is 1.76. The number of nitrogens with one attached hydrogen (secondary N) is 2. The van der Waals surface area contributed by atoms with E-state index < -0.39 is 5.76 Å². The van der Waals surface area contributed by atoms with Crippen molar-refractivity contribution in [2.24, 2.45) is 0 Å². The van der Waals surface area contributed by atoms with Crippen LogP contribution in [0.15, 0.2) is 33.6 Å². The summed E-state index contributed by atoms with van der Waals surface area (Å²) in [5.74, 6) is -0.237. The molecule has 16 heavy (non-hydrogen) atoms. The minimum atomic E-state index is -0.544. The summed E-state index contributed by atoms with van der Waals surface area (Å²) in [4.78, 5) is 14.0. The van der Waals surface area contributed by atoms with Crippen molar-refractivity contribution < 1.29 is 4.42 Å². The van der Waals surface area contributed by atoms with E-state index in [2.05, 4.69) is 15.2 Å². The molecular formula is C11H9N3O2. The summed E-state index contributed by atoms with van der Waals surface area (Å²) < 4.78 is 4.93. The van der Waals surface area contributed by atoms with Crippen LogP contribution in [-0.4, -0.2) is 15.2 Å². The molecule has 3 rings (SSSR count). The van der Waals surface area contributed by atoms with Crippen LogP contribution in [0.1, 0.15) is 5.56 Å². The molecule has 80 valence electrons. The van der Waals surface area contributed by atoms with Gasteiger partial charge in [-0.1, -0.05) is 11.6 Å². The second-order valence-corrected chi connectivity index (χ2v) is 3.67. The summed E-state index contributed by atoms with van der Waals surface area (Å²) >= 11 is 0. The average molecular weight is 215 g/mol. The third kappa shape index (κ3) is 1.25. The summed E-state index contributed by atoms with van der Waals surface area (Å²) in [6, 6.07) is 6.03. The summed E-state index contributed by atoms with van der Waals surface area (Å²) in [6.45, 7) is 2.01. The van der Waals surface area contributed by atoms with Gasteiger partial charge in [-0.2, -0.15) is 0 Å². The molecule has 1 aromatic carbocycles. The number of rotatable bonds is 1. The fourth-order valence-electron chi connectivity index (χ4n) is 1.76. The van der Waals surface area contributed by atoms with Gasteiger partial charge < -0.3 is 9.40 Å². The van der Waals surface area contributed by atoms with Crippen LogP contribution in [0.25, 0.3) is 22.4 Å². The zero-order valence-electron chi connectivity index (χ0n) is 8.57. The topological polar surface area (TPSA) is 74.7 Å². The van der Waals surface area contributed by atoms with E-state index in [1.54, 1.807) is 6.20 Å². The van der Waals surface area contributed by atoms with E-state index in [1.165, 1.54) is 0 Å². The minimum absolute atomic E-state index is 0.307. The van der Waals surface area contributed by atoms with E-state index >= 15 is 0 Å². The molecule has 2 heterocycles. The molecule has 0 atom stereocenters. The average Bonchev–Trinajstić information content (AvgIpc) is 2.83. The summed E-state index contributed by atoms with van der Waals surface area (Å²) in [5.41, 5.74) is 2.93. The Morgan fingerprint density at radius 3 is 3.00 bits per heavy atom. The van der Waals surface area contributed by atoms with Crippen LogP contribution in [0.3, 0.4) is 0 Å². The molecule has 0 saturated carbocycles. The Labute approximate surface area is 90.1 Å². The highest BCUT2D eigenvalue weighted by atomic mass is 16.4. The molecule has 2 N–H and O–H groups in total. The first-order chi connectivity index (χ1) is 7.74. The summed E-state index contributed by atoms with van der Waals surface area (Å²) in [7, 11) is 0. The van der Waals surface area contributed by atoms with Gasteiger partial charge in [-0.05, 0) is 19.1 Å². The number of nitrogens with zero attached hydrogens (tertiary/aromatic N) is 1. The van der Waals surface area contributed by atoms with E-state index in [0.717, 1.165) is 22.0 Å². The SMILES string of the molecule is Cc1ccc2[nH]cc(-c3n[nH]c(=O)o3)c2c1. The van der Waals surface area contributed by atoms with Crippen molar-refractivity contribution in [3.05, 3.63) is 40.5 Å². The smallest absolute Gasteiger partial charge is 0.388 e. The molecule has 0 aliphatic carbocycles. The Morgan fingerprint density at radius 1 is 1.38 bits per heavy atom. The Bertz CT molecular complexity index is 705. The quantitative estimate of drug-likeness (QED) is 0.650. The normalized spacial score (nSPS) is 11.1. The summed E-state index contributed by atoms with van der Waals surface area (Å²) in [5, 5.41) is 7.06. The highest BCUT2D eigenvalue weighted by Gasteiger charge is 2.11. The van der Waals surface area contributed by atoms with E-state index in [0.29, 0.717) is 5.89 Å². The minimum Gasteiger partial charge on any atom is -0.388 e. The molecule has 0 aliphatic heterocycles. The van der Waals surface area contributed by atoms with Crippen LogP contribution >= 0.6 is 0 Å². The maximum atomic E-state index is 10.9. The molecule has 0 fully saturated rings. The number of aryl methyl sites for hydroxylation is 1. The van der Waals surface area contributed by atoms with Crippen molar-refractivity contribution in [3.63, 3.8) is 0 Å². The van der Waals surface area contributed by atoms with Gasteiger partial charge in [-0.3, -0.25) is 0 Å². The predicted molar refractivity (Wildman–Crippen MR) is 59.2 cm³/mol. The van der Waals surface area contributed by atoms with Crippen LogP contribution in [-0.2, 0) is 0 Å². The molecule has 0 unspecified atom stereocenters. The number of hydrogen-bond acceptors (Lipinski definition) is 3. The van der Waals surface area contributed by atoms with Gasteiger partial charge in [0.05, 0.1) is 5.56 Å². The lowest BCUT2D eigenvalue weighted by molar-refractivity contribution is 0.527. The van der Waals surface area contributed by atoms with Gasteiger partial charge in [-0.15, -0.1) is 5.10 Å². The lowest BCUT2D eigenvalue weighted by Crippen LogP contribution is -1.93. The predicted octanol–water partition coefficient (Wildman–Crippen LogP) is 1.82. The number of benzene rings is 1. The number of H-pyrrole nitrogens is 2. The largest absolute Gasteiger partial charge is 0.434 e. The first-order valence-electron chi connectivity index (χ1n) is 4.87. The van der Waals surface area contributed by atoms with Gasteiger partial charge >= 0.3 is 5.76 Å². The molecule has 0 saturated heterocycles. The van der Waals surface area contributed by atoms with E-state index in [4.69, 9.17) is 4.42 Å². The lowest BCUT2D eigenvalue weighted by atomic mass is 10.1. The number of aromatic amines is 2. The Balaban J connectivity index is 2.31. The third-order valence-corrected chi connectivity index (χ3v) is 2.51. The Kier molecular flexibility index (Phi) is 1.73. The molecule has 3 aromatic rings. The molecule has 0 radical (unpaired) electrons. The van der Waals surface area contributed by atoms with Crippen LogP contribution in [0.2, 0.25) is 0 Å². The highest BCUT2D eigenvalue weighted by Crippen LogP contribution is 2.26. The maximum absolute atomic E-state index is 10.9. The Hall–Kier alpha value is -2.30. The van der Waals surface area contributed by atoms with Crippen molar-refractivity contribution in [3.8, 4) is 11.5 Å². The second-order valence-electron chi connectivity index (χ2n) is 3.67. The molecular weight excluding hydrogens is 206 g/mol. The fraction of sp³-hybridized carbons (Fsp3) is 0.0909. The van der Waals surface area contributed by atoms with Gasteiger partial charge in [0.15, 0.2) is 0 Å². The first kappa shape index (κ1) is 8.96. The first-order valence-corrected chi connectivity index (χ1v) is 4.87. The van der Waals surface area contributed by atoms with Crippen LogP contribution in [0.5, 0.6) is 0 Å². The summed E-state index contributed by atoms with van der Waals surface area (Å²) in [6.07, 6.45) is 1.78. The highest BCUT2D eigenvalue weighted by molar-refractivity contribution is 5.93. The lowest BCUT2D eigenvalue weighted by Gasteiger charge is -1.94. The monoisotopic (exact) mass is 215 g/mol. The van der Waals surface area contributed by atoms with E-state index in [1.807, 2.05) is 25.1 Å². The maximum Gasteiger partial charge on any atom is 0.434 e. The van der Waals surface area contributed by atoms with Gasteiger partial charge in [0.2, 0.25) is 0 Å². The van der Waals surface area contributed by atoms with Crippen molar-refractivity contribution >= 4 is 10.9 Å². The van der Waals surface area contributed by atoms with E-state index in [-0.39, 0.29) is 0 Å². The molecule has 5 nitrogen and oxygen atoms in total. The van der Waals surface area contributed by atoms with Crippen LogP contribution < -0.4 is 5.76 Å². The molecule has 0 aliphatic rings. The van der Waals surface area contributed by atoms with Crippen molar-refractivity contribution in [1.82, 2.24) is 15.2 Å².